The summed E-state index contributed by atoms with van der Waals surface area (Å²) in [5.41, 5.74) is 4.73. The lowest BCUT2D eigenvalue weighted by molar-refractivity contribution is 0.477. The minimum absolute atomic E-state index is 0.292. The smallest absolute Gasteiger partial charge is 0.229 e. The molecule has 8 nitrogen and oxygen atoms in total. The molecule has 3 heterocycles. The van der Waals surface area contributed by atoms with Crippen LogP contribution in [-0.2, 0) is 6.54 Å². The predicted octanol–water partition coefficient (Wildman–Crippen LogP) is 4.34. The molecular formula is C27H31N7O. The number of nitrogens with zero attached hydrogens (tertiary/aromatic N) is 5. The van der Waals surface area contributed by atoms with E-state index in [1.807, 2.05) is 36.7 Å². The van der Waals surface area contributed by atoms with Gasteiger partial charge in [0.15, 0.2) is 17.0 Å². The van der Waals surface area contributed by atoms with Gasteiger partial charge in [-0.3, -0.25) is 0 Å². The van der Waals surface area contributed by atoms with Crippen LogP contribution in [-0.4, -0.2) is 50.8 Å². The van der Waals surface area contributed by atoms with Gasteiger partial charge in [-0.15, -0.1) is 0 Å². The normalized spacial score (nSPS) is 16.7. The summed E-state index contributed by atoms with van der Waals surface area (Å²) in [5.74, 6) is 1.85. The molecule has 2 fully saturated rings. The van der Waals surface area contributed by atoms with Crippen LogP contribution in [0.3, 0.4) is 0 Å². The van der Waals surface area contributed by atoms with Gasteiger partial charge >= 0.3 is 0 Å². The third-order valence-electron chi connectivity index (χ3n) is 7.16. The van der Waals surface area contributed by atoms with Crippen molar-refractivity contribution in [2.24, 2.45) is 0 Å². The lowest BCUT2D eigenvalue weighted by atomic mass is 10.0. The molecule has 0 bridgehead atoms. The molecule has 1 aliphatic heterocycles. The summed E-state index contributed by atoms with van der Waals surface area (Å²) in [4.78, 5) is 16.9. The van der Waals surface area contributed by atoms with E-state index in [0.29, 0.717) is 18.3 Å². The maximum absolute atomic E-state index is 10.2. The molecule has 2 aliphatic rings. The first-order chi connectivity index (χ1) is 17.3. The number of fused-ring (bicyclic) bond motifs is 1. The minimum Gasteiger partial charge on any atom is -0.507 e. The standard InChI is InChI=1S/C27H31N7O/c35-23-8-4-3-7-22(23)20-11-9-19(10-12-20)17-29-25-24-26(34(18-30-24)21-5-1-2-6-21)32-27(31-25)33-15-13-28-14-16-33/h3-4,7-12,18,21,28,35H,1-2,5-6,13-17H2,(H,29,31,32). The summed E-state index contributed by atoms with van der Waals surface area (Å²) in [7, 11) is 0. The van der Waals surface area contributed by atoms with Crippen LogP contribution in [0.4, 0.5) is 11.8 Å². The highest BCUT2D eigenvalue weighted by Crippen LogP contribution is 2.34. The monoisotopic (exact) mass is 469 g/mol. The summed E-state index contributed by atoms with van der Waals surface area (Å²) in [6, 6.07) is 16.1. The van der Waals surface area contributed by atoms with E-state index in [-0.39, 0.29) is 0 Å². The van der Waals surface area contributed by atoms with E-state index in [4.69, 9.17) is 15.0 Å². The number of para-hydroxylation sites is 1. The molecule has 2 aromatic carbocycles. The Bertz CT molecular complexity index is 1310. The molecule has 0 atom stereocenters. The van der Waals surface area contributed by atoms with Gasteiger partial charge in [0, 0.05) is 44.3 Å². The van der Waals surface area contributed by atoms with Gasteiger partial charge in [-0.25, -0.2) is 4.98 Å². The molecule has 4 aromatic rings. The average Bonchev–Trinajstić information content (AvgIpc) is 3.58. The number of aromatic nitrogens is 4. The number of piperazine rings is 1. The highest BCUT2D eigenvalue weighted by molar-refractivity contribution is 5.84. The number of phenols is 1. The number of hydrogen-bond donors (Lipinski definition) is 3. The lowest BCUT2D eigenvalue weighted by Crippen LogP contribution is -2.44. The first kappa shape index (κ1) is 21.9. The largest absolute Gasteiger partial charge is 0.507 e. The highest BCUT2D eigenvalue weighted by Gasteiger charge is 2.23. The van der Waals surface area contributed by atoms with E-state index < -0.39 is 0 Å². The molecule has 0 spiro atoms. The fourth-order valence-corrected chi connectivity index (χ4v) is 5.19. The van der Waals surface area contributed by atoms with Crippen LogP contribution in [0.5, 0.6) is 5.75 Å². The van der Waals surface area contributed by atoms with Crippen LogP contribution >= 0.6 is 0 Å². The number of hydrogen-bond acceptors (Lipinski definition) is 7. The molecular weight excluding hydrogens is 438 g/mol. The topological polar surface area (TPSA) is 91.1 Å². The molecule has 1 aliphatic carbocycles. The molecule has 180 valence electrons. The van der Waals surface area contributed by atoms with Crippen LogP contribution in [0.1, 0.15) is 37.3 Å². The fourth-order valence-electron chi connectivity index (χ4n) is 5.19. The van der Waals surface area contributed by atoms with Gasteiger partial charge in [-0.05, 0) is 30.0 Å². The number of phenolic OH excluding ortho intramolecular Hbond substituents is 1. The highest BCUT2D eigenvalue weighted by atomic mass is 16.3. The van der Waals surface area contributed by atoms with Crippen molar-refractivity contribution >= 4 is 22.9 Å². The zero-order valence-electron chi connectivity index (χ0n) is 19.8. The van der Waals surface area contributed by atoms with E-state index in [2.05, 4.69) is 32.2 Å². The number of rotatable bonds is 6. The second-order valence-corrected chi connectivity index (χ2v) is 9.44. The molecule has 2 aromatic heterocycles. The van der Waals surface area contributed by atoms with Crippen molar-refractivity contribution in [3.63, 3.8) is 0 Å². The summed E-state index contributed by atoms with van der Waals surface area (Å²) in [6.07, 6.45) is 6.85. The van der Waals surface area contributed by atoms with Gasteiger partial charge in [-0.1, -0.05) is 55.3 Å². The van der Waals surface area contributed by atoms with E-state index >= 15 is 0 Å². The Balaban J connectivity index is 1.28. The molecule has 1 saturated heterocycles. The number of nitrogens with one attached hydrogen (secondary N) is 2. The first-order valence-electron chi connectivity index (χ1n) is 12.6. The van der Waals surface area contributed by atoms with Gasteiger partial charge in [-0.2, -0.15) is 9.97 Å². The Morgan fingerprint density at radius 1 is 0.971 bits per heavy atom. The molecule has 8 heteroatoms. The van der Waals surface area contributed by atoms with Gasteiger partial charge < -0.3 is 25.2 Å². The Labute approximate surface area is 205 Å². The van der Waals surface area contributed by atoms with Crippen LogP contribution in [0.2, 0.25) is 0 Å². The van der Waals surface area contributed by atoms with Gasteiger partial charge in [0.25, 0.3) is 0 Å². The van der Waals surface area contributed by atoms with Crippen LogP contribution in [0, 0.1) is 0 Å². The molecule has 0 amide bonds. The first-order valence-corrected chi connectivity index (χ1v) is 12.6. The summed E-state index contributed by atoms with van der Waals surface area (Å²) >= 11 is 0. The van der Waals surface area contributed by atoms with Crippen molar-refractivity contribution < 1.29 is 5.11 Å². The van der Waals surface area contributed by atoms with Crippen molar-refractivity contribution in [1.29, 1.82) is 0 Å². The summed E-state index contributed by atoms with van der Waals surface area (Å²) in [6.45, 7) is 4.31. The lowest BCUT2D eigenvalue weighted by Gasteiger charge is -2.27. The Morgan fingerprint density at radius 3 is 2.51 bits per heavy atom. The van der Waals surface area contributed by atoms with Gasteiger partial charge in [0.1, 0.15) is 5.75 Å². The molecule has 6 rings (SSSR count). The maximum atomic E-state index is 10.2. The van der Waals surface area contributed by atoms with E-state index in [1.54, 1.807) is 6.07 Å². The van der Waals surface area contributed by atoms with E-state index in [0.717, 1.165) is 65.8 Å². The average molecular weight is 470 g/mol. The Morgan fingerprint density at radius 2 is 1.74 bits per heavy atom. The van der Waals surface area contributed by atoms with Crippen LogP contribution in [0.15, 0.2) is 54.9 Å². The summed E-state index contributed by atoms with van der Waals surface area (Å²) < 4.78 is 2.27. The van der Waals surface area contributed by atoms with Gasteiger partial charge in [0.05, 0.1) is 6.33 Å². The third-order valence-corrected chi connectivity index (χ3v) is 7.16. The second kappa shape index (κ2) is 9.54. The molecule has 0 radical (unpaired) electrons. The van der Waals surface area contributed by atoms with Crippen molar-refractivity contribution in [2.45, 2.75) is 38.3 Å². The maximum Gasteiger partial charge on any atom is 0.229 e. The van der Waals surface area contributed by atoms with Crippen molar-refractivity contribution in [2.75, 3.05) is 36.4 Å². The third kappa shape index (κ3) is 4.41. The number of benzene rings is 2. The number of imidazole rings is 1. The number of anilines is 2. The van der Waals surface area contributed by atoms with Crippen LogP contribution < -0.4 is 15.5 Å². The molecule has 0 unspecified atom stereocenters. The van der Waals surface area contributed by atoms with Gasteiger partial charge in [0.2, 0.25) is 5.95 Å². The fraction of sp³-hybridized carbons (Fsp3) is 0.370. The van der Waals surface area contributed by atoms with Crippen molar-refractivity contribution in [3.8, 4) is 16.9 Å². The van der Waals surface area contributed by atoms with Crippen molar-refractivity contribution in [3.05, 3.63) is 60.4 Å². The molecule has 35 heavy (non-hydrogen) atoms. The predicted molar refractivity (Wildman–Crippen MR) is 139 cm³/mol. The quantitative estimate of drug-likeness (QED) is 0.387. The molecule has 1 saturated carbocycles. The SMILES string of the molecule is Oc1ccccc1-c1ccc(CNc2nc(N3CCNCC3)nc3c2ncn3C2CCCC2)cc1. The zero-order chi connectivity index (χ0) is 23.6. The zero-order valence-corrected chi connectivity index (χ0v) is 19.8. The minimum atomic E-state index is 0.292. The Hall–Kier alpha value is -3.65. The van der Waals surface area contributed by atoms with Crippen molar-refractivity contribution in [1.82, 2.24) is 24.8 Å². The Kier molecular flexibility index (Phi) is 5.96. The molecule has 3 N–H and O–H groups in total. The van der Waals surface area contributed by atoms with Crippen LogP contribution in [0.25, 0.3) is 22.3 Å². The van der Waals surface area contributed by atoms with E-state index in [9.17, 15) is 5.11 Å². The van der Waals surface area contributed by atoms with E-state index in [1.165, 1.54) is 25.7 Å². The summed E-state index contributed by atoms with van der Waals surface area (Å²) in [5, 5.41) is 17.1. The number of aromatic hydroxyl groups is 1. The second-order valence-electron chi connectivity index (χ2n) is 9.44.